The molecule has 0 fully saturated rings. The van der Waals surface area contributed by atoms with Crippen LogP contribution in [0.1, 0.15) is 18.1 Å². The standard InChI is InChI=1S/C19H18ClN3O3/c1-11-5-4-6-16(12(11)2)25-13(3)19(24)21-18-17(22-26-23-18)14-7-9-15(20)10-8-14/h4-10,13H,1-3H3,(H,21,23,24). The molecule has 1 N–H and O–H groups in total. The smallest absolute Gasteiger partial charge is 0.266 e. The van der Waals surface area contributed by atoms with Crippen molar-refractivity contribution in [2.75, 3.05) is 5.32 Å². The Kier molecular flexibility index (Phi) is 5.23. The number of anilines is 1. The average molecular weight is 372 g/mol. The first kappa shape index (κ1) is 17.9. The minimum Gasteiger partial charge on any atom is -0.481 e. The molecule has 0 radical (unpaired) electrons. The zero-order valence-corrected chi connectivity index (χ0v) is 15.4. The third-order valence-corrected chi connectivity index (χ3v) is 4.33. The van der Waals surface area contributed by atoms with E-state index in [1.807, 2.05) is 32.0 Å². The molecule has 0 bridgehead atoms. The molecule has 3 rings (SSSR count). The molecule has 1 amide bonds. The highest BCUT2D eigenvalue weighted by molar-refractivity contribution is 6.30. The van der Waals surface area contributed by atoms with E-state index in [0.717, 1.165) is 16.7 Å². The van der Waals surface area contributed by atoms with E-state index in [1.54, 1.807) is 31.2 Å². The van der Waals surface area contributed by atoms with E-state index in [4.69, 9.17) is 21.0 Å². The molecule has 0 saturated heterocycles. The molecule has 1 atom stereocenters. The molecule has 2 aromatic carbocycles. The van der Waals surface area contributed by atoms with Gasteiger partial charge in [-0.15, -0.1) is 0 Å². The number of carbonyl (C=O) groups excluding carboxylic acids is 1. The van der Waals surface area contributed by atoms with Crippen LogP contribution in [0.4, 0.5) is 5.82 Å². The Bertz CT molecular complexity index is 922. The lowest BCUT2D eigenvalue weighted by atomic mass is 10.1. The summed E-state index contributed by atoms with van der Waals surface area (Å²) < 4.78 is 10.6. The Balaban J connectivity index is 1.73. The second-order valence-corrected chi connectivity index (χ2v) is 6.35. The molecule has 0 spiro atoms. The van der Waals surface area contributed by atoms with Gasteiger partial charge in [0, 0.05) is 10.6 Å². The minimum atomic E-state index is -0.717. The van der Waals surface area contributed by atoms with Crippen LogP contribution in [0.25, 0.3) is 11.3 Å². The van der Waals surface area contributed by atoms with E-state index in [9.17, 15) is 4.79 Å². The summed E-state index contributed by atoms with van der Waals surface area (Å²) in [7, 11) is 0. The maximum absolute atomic E-state index is 12.5. The summed E-state index contributed by atoms with van der Waals surface area (Å²) in [6.45, 7) is 5.62. The summed E-state index contributed by atoms with van der Waals surface area (Å²) >= 11 is 5.89. The number of rotatable bonds is 5. The number of hydrogen-bond acceptors (Lipinski definition) is 5. The summed E-state index contributed by atoms with van der Waals surface area (Å²) in [5, 5.41) is 10.9. The zero-order valence-electron chi connectivity index (χ0n) is 14.6. The molecule has 1 heterocycles. The molecule has 3 aromatic rings. The lowest BCUT2D eigenvalue weighted by molar-refractivity contribution is -0.122. The number of ether oxygens (including phenoxy) is 1. The number of halogens is 1. The van der Waals surface area contributed by atoms with Crippen molar-refractivity contribution in [2.24, 2.45) is 0 Å². The predicted molar refractivity (Wildman–Crippen MR) is 99.4 cm³/mol. The first-order valence-electron chi connectivity index (χ1n) is 8.08. The summed E-state index contributed by atoms with van der Waals surface area (Å²) in [5.41, 5.74) is 3.25. The van der Waals surface area contributed by atoms with Crippen LogP contribution in [-0.2, 0) is 4.79 Å². The van der Waals surface area contributed by atoms with Gasteiger partial charge in [-0.05, 0) is 60.4 Å². The van der Waals surface area contributed by atoms with E-state index in [2.05, 4.69) is 15.6 Å². The van der Waals surface area contributed by atoms with Crippen LogP contribution in [0.3, 0.4) is 0 Å². The van der Waals surface area contributed by atoms with E-state index in [1.165, 1.54) is 0 Å². The highest BCUT2D eigenvalue weighted by atomic mass is 35.5. The fourth-order valence-corrected chi connectivity index (χ4v) is 2.51. The van der Waals surface area contributed by atoms with Gasteiger partial charge in [-0.1, -0.05) is 35.9 Å². The number of nitrogens with one attached hydrogen (secondary N) is 1. The molecular formula is C19H18ClN3O3. The van der Waals surface area contributed by atoms with Gasteiger partial charge >= 0.3 is 0 Å². The summed E-state index contributed by atoms with van der Waals surface area (Å²) in [4.78, 5) is 12.5. The van der Waals surface area contributed by atoms with E-state index < -0.39 is 6.10 Å². The normalized spacial score (nSPS) is 11.8. The zero-order chi connectivity index (χ0) is 18.7. The maximum atomic E-state index is 12.5. The Morgan fingerprint density at radius 1 is 1.15 bits per heavy atom. The maximum Gasteiger partial charge on any atom is 0.266 e. The molecule has 0 aliphatic heterocycles. The summed E-state index contributed by atoms with van der Waals surface area (Å²) in [6.07, 6.45) is -0.717. The quantitative estimate of drug-likeness (QED) is 0.718. The molecule has 134 valence electrons. The molecule has 7 heteroatoms. The highest BCUT2D eigenvalue weighted by Crippen LogP contribution is 2.26. The Labute approximate surface area is 156 Å². The number of hydrogen-bond donors (Lipinski definition) is 1. The van der Waals surface area contributed by atoms with Gasteiger partial charge in [-0.2, -0.15) is 0 Å². The first-order valence-corrected chi connectivity index (χ1v) is 8.45. The molecule has 0 aliphatic rings. The molecule has 6 nitrogen and oxygen atoms in total. The number of nitrogens with zero attached hydrogens (tertiary/aromatic N) is 2. The molecule has 26 heavy (non-hydrogen) atoms. The minimum absolute atomic E-state index is 0.230. The van der Waals surface area contributed by atoms with Gasteiger partial charge < -0.3 is 10.1 Å². The van der Waals surface area contributed by atoms with Crippen molar-refractivity contribution in [1.29, 1.82) is 0 Å². The van der Waals surface area contributed by atoms with E-state index in [0.29, 0.717) is 16.5 Å². The largest absolute Gasteiger partial charge is 0.481 e. The van der Waals surface area contributed by atoms with Crippen molar-refractivity contribution in [3.05, 3.63) is 58.6 Å². The van der Waals surface area contributed by atoms with Crippen LogP contribution in [-0.4, -0.2) is 22.3 Å². The third-order valence-electron chi connectivity index (χ3n) is 4.08. The second-order valence-electron chi connectivity index (χ2n) is 5.92. The number of amides is 1. The van der Waals surface area contributed by atoms with Crippen molar-refractivity contribution in [2.45, 2.75) is 26.9 Å². The van der Waals surface area contributed by atoms with Crippen LogP contribution in [0.15, 0.2) is 47.1 Å². The van der Waals surface area contributed by atoms with Gasteiger partial charge in [-0.25, -0.2) is 4.63 Å². The highest BCUT2D eigenvalue weighted by Gasteiger charge is 2.21. The molecule has 0 saturated carbocycles. The summed E-state index contributed by atoms with van der Waals surface area (Å²) in [5.74, 6) is 0.550. The summed E-state index contributed by atoms with van der Waals surface area (Å²) in [6, 6.07) is 12.7. The van der Waals surface area contributed by atoms with Gasteiger partial charge in [0.1, 0.15) is 5.75 Å². The van der Waals surface area contributed by atoms with Crippen molar-refractivity contribution >= 4 is 23.3 Å². The topological polar surface area (TPSA) is 77.2 Å². The first-order chi connectivity index (χ1) is 12.5. The number of aryl methyl sites for hydroxylation is 1. The van der Waals surface area contributed by atoms with Crippen LogP contribution in [0, 0.1) is 13.8 Å². The van der Waals surface area contributed by atoms with Gasteiger partial charge in [0.2, 0.25) is 5.82 Å². The number of benzene rings is 2. The molecule has 0 aliphatic carbocycles. The van der Waals surface area contributed by atoms with Crippen LogP contribution in [0.2, 0.25) is 5.02 Å². The van der Waals surface area contributed by atoms with Crippen LogP contribution >= 0.6 is 11.6 Å². The second kappa shape index (κ2) is 7.58. The average Bonchev–Trinajstić information content (AvgIpc) is 3.07. The van der Waals surface area contributed by atoms with Crippen molar-refractivity contribution < 1.29 is 14.2 Å². The van der Waals surface area contributed by atoms with Crippen molar-refractivity contribution in [1.82, 2.24) is 10.3 Å². The fraction of sp³-hybridized carbons (Fsp3) is 0.211. The molecule has 1 aromatic heterocycles. The van der Waals surface area contributed by atoms with E-state index >= 15 is 0 Å². The molecule has 1 unspecified atom stereocenters. The Morgan fingerprint density at radius 2 is 1.88 bits per heavy atom. The number of carbonyl (C=O) groups is 1. The molecular weight excluding hydrogens is 354 g/mol. The van der Waals surface area contributed by atoms with Crippen molar-refractivity contribution in [3.63, 3.8) is 0 Å². The van der Waals surface area contributed by atoms with Crippen LogP contribution < -0.4 is 10.1 Å². The van der Waals surface area contributed by atoms with Gasteiger partial charge in [-0.3, -0.25) is 4.79 Å². The number of aromatic nitrogens is 2. The van der Waals surface area contributed by atoms with Gasteiger partial charge in [0.15, 0.2) is 11.8 Å². The lowest BCUT2D eigenvalue weighted by Gasteiger charge is -2.16. The SMILES string of the molecule is Cc1cccc(OC(C)C(=O)Nc2nonc2-c2ccc(Cl)cc2)c1C. The van der Waals surface area contributed by atoms with E-state index in [-0.39, 0.29) is 11.7 Å². The van der Waals surface area contributed by atoms with Gasteiger partial charge in [0.05, 0.1) is 0 Å². The van der Waals surface area contributed by atoms with Crippen LogP contribution in [0.5, 0.6) is 5.75 Å². The van der Waals surface area contributed by atoms with Crippen molar-refractivity contribution in [3.8, 4) is 17.0 Å². The fourth-order valence-electron chi connectivity index (χ4n) is 2.38. The Hall–Kier alpha value is -2.86. The third kappa shape index (κ3) is 3.86. The lowest BCUT2D eigenvalue weighted by Crippen LogP contribution is -2.30. The monoisotopic (exact) mass is 371 g/mol. The van der Waals surface area contributed by atoms with Gasteiger partial charge in [0.25, 0.3) is 5.91 Å². The Morgan fingerprint density at radius 3 is 2.62 bits per heavy atom. The predicted octanol–water partition coefficient (Wildman–Crippen LogP) is 4.41.